The van der Waals surface area contributed by atoms with Gasteiger partial charge in [0, 0.05) is 42.1 Å². The van der Waals surface area contributed by atoms with Crippen molar-refractivity contribution in [2.45, 2.75) is 45.6 Å². The van der Waals surface area contributed by atoms with E-state index in [4.69, 9.17) is 16.0 Å². The first-order valence-corrected chi connectivity index (χ1v) is 11.2. The van der Waals surface area contributed by atoms with Crippen molar-refractivity contribution in [3.05, 3.63) is 68.5 Å². The standard InChI is InChI=1S/C25H27ClN2O6/c1-13(2)28-23(32)8-16(15-4-6-17(26)7-5-15)12-27-22(31)11-19-14(3)24-20(30)9-18(29)10-21(24)34-25(19)33/h4-7,9-10,13,16,29-30H,8,11-12H2,1-3H3,(H,27,31)(H,28,32). The van der Waals surface area contributed by atoms with E-state index in [1.54, 1.807) is 19.1 Å². The molecule has 1 aromatic heterocycles. The molecule has 0 aliphatic rings. The van der Waals surface area contributed by atoms with Crippen LogP contribution in [0, 0.1) is 6.92 Å². The fourth-order valence-corrected chi connectivity index (χ4v) is 3.95. The molecular weight excluding hydrogens is 460 g/mol. The normalized spacial score (nSPS) is 12.0. The van der Waals surface area contributed by atoms with Gasteiger partial charge in [0.25, 0.3) is 0 Å². The third-order valence-electron chi connectivity index (χ3n) is 5.45. The molecule has 1 atom stereocenters. The van der Waals surface area contributed by atoms with E-state index in [2.05, 4.69) is 10.6 Å². The zero-order chi connectivity index (χ0) is 25.0. The zero-order valence-corrected chi connectivity index (χ0v) is 19.9. The topological polar surface area (TPSA) is 129 Å². The Balaban J connectivity index is 1.78. The Kier molecular flexibility index (Phi) is 7.83. The average molecular weight is 487 g/mol. The van der Waals surface area contributed by atoms with Gasteiger partial charge in [-0.15, -0.1) is 0 Å². The van der Waals surface area contributed by atoms with Crippen LogP contribution in [-0.4, -0.2) is 34.6 Å². The zero-order valence-electron chi connectivity index (χ0n) is 19.1. The molecule has 0 aliphatic carbocycles. The number of aryl methyl sites for hydroxylation is 1. The Bertz CT molecular complexity index is 1270. The first kappa shape index (κ1) is 25.1. The van der Waals surface area contributed by atoms with E-state index in [9.17, 15) is 24.6 Å². The molecule has 8 nitrogen and oxygen atoms in total. The van der Waals surface area contributed by atoms with Crippen molar-refractivity contribution < 1.29 is 24.2 Å². The monoisotopic (exact) mass is 486 g/mol. The van der Waals surface area contributed by atoms with Crippen LogP contribution in [0.2, 0.25) is 5.02 Å². The number of hydrogen-bond acceptors (Lipinski definition) is 6. The molecule has 180 valence electrons. The molecule has 0 saturated carbocycles. The first-order valence-electron chi connectivity index (χ1n) is 10.8. The van der Waals surface area contributed by atoms with E-state index in [1.807, 2.05) is 26.0 Å². The van der Waals surface area contributed by atoms with Crippen LogP contribution < -0.4 is 16.3 Å². The SMILES string of the molecule is Cc1c(CC(=O)NCC(CC(=O)NC(C)C)c2ccc(Cl)cc2)c(=O)oc2cc(O)cc(O)c12. The number of phenolic OH excluding ortho intramolecular Hbond substituents is 2. The molecule has 2 amide bonds. The van der Waals surface area contributed by atoms with Crippen LogP contribution in [0.1, 0.15) is 42.9 Å². The molecule has 34 heavy (non-hydrogen) atoms. The molecule has 3 aromatic rings. The van der Waals surface area contributed by atoms with Crippen LogP contribution in [-0.2, 0) is 16.0 Å². The van der Waals surface area contributed by atoms with Gasteiger partial charge < -0.3 is 25.3 Å². The summed E-state index contributed by atoms with van der Waals surface area (Å²) in [6, 6.07) is 9.41. The van der Waals surface area contributed by atoms with E-state index in [0.29, 0.717) is 10.6 Å². The number of carbonyl (C=O) groups excluding carboxylic acids is 2. The molecule has 2 aromatic carbocycles. The summed E-state index contributed by atoms with van der Waals surface area (Å²) in [5, 5.41) is 26.3. The number of halogens is 1. The van der Waals surface area contributed by atoms with E-state index < -0.39 is 11.5 Å². The highest BCUT2D eigenvalue weighted by atomic mass is 35.5. The molecule has 9 heteroatoms. The van der Waals surface area contributed by atoms with Gasteiger partial charge >= 0.3 is 5.63 Å². The highest BCUT2D eigenvalue weighted by Gasteiger charge is 2.21. The Morgan fingerprint density at radius 3 is 2.41 bits per heavy atom. The van der Waals surface area contributed by atoms with Crippen molar-refractivity contribution in [1.82, 2.24) is 10.6 Å². The predicted octanol–water partition coefficient (Wildman–Crippen LogP) is 3.52. The van der Waals surface area contributed by atoms with E-state index in [-0.39, 0.29) is 65.3 Å². The molecule has 0 bridgehead atoms. The van der Waals surface area contributed by atoms with Crippen molar-refractivity contribution in [2.24, 2.45) is 0 Å². The lowest BCUT2D eigenvalue weighted by molar-refractivity contribution is -0.123. The van der Waals surface area contributed by atoms with Gasteiger partial charge in [0.15, 0.2) is 0 Å². The van der Waals surface area contributed by atoms with Crippen LogP contribution >= 0.6 is 11.6 Å². The summed E-state index contributed by atoms with van der Waals surface area (Å²) in [5.41, 5.74) is 0.643. The minimum absolute atomic E-state index is 0.0126. The van der Waals surface area contributed by atoms with E-state index in [1.165, 1.54) is 6.07 Å². The molecule has 3 rings (SSSR count). The molecule has 0 radical (unpaired) electrons. The number of phenols is 2. The van der Waals surface area contributed by atoms with Crippen LogP contribution in [0.3, 0.4) is 0 Å². The van der Waals surface area contributed by atoms with Crippen molar-refractivity contribution in [3.63, 3.8) is 0 Å². The third-order valence-corrected chi connectivity index (χ3v) is 5.70. The maximum absolute atomic E-state index is 12.7. The summed E-state index contributed by atoms with van der Waals surface area (Å²) >= 11 is 5.98. The summed E-state index contributed by atoms with van der Waals surface area (Å²) < 4.78 is 5.21. The van der Waals surface area contributed by atoms with Gasteiger partial charge in [-0.1, -0.05) is 23.7 Å². The van der Waals surface area contributed by atoms with E-state index >= 15 is 0 Å². The smallest absolute Gasteiger partial charge is 0.340 e. The number of hydrogen-bond donors (Lipinski definition) is 4. The molecule has 0 spiro atoms. The van der Waals surface area contributed by atoms with Crippen molar-refractivity contribution in [2.75, 3.05) is 6.54 Å². The highest BCUT2D eigenvalue weighted by molar-refractivity contribution is 6.30. The number of carbonyl (C=O) groups is 2. The largest absolute Gasteiger partial charge is 0.508 e. The lowest BCUT2D eigenvalue weighted by atomic mass is 9.95. The number of fused-ring (bicyclic) bond motifs is 1. The van der Waals surface area contributed by atoms with Crippen molar-refractivity contribution in [1.29, 1.82) is 0 Å². The van der Waals surface area contributed by atoms with Gasteiger partial charge in [-0.25, -0.2) is 4.79 Å². The molecule has 1 heterocycles. The molecule has 0 fully saturated rings. The van der Waals surface area contributed by atoms with Crippen LogP contribution in [0.4, 0.5) is 0 Å². The highest BCUT2D eigenvalue weighted by Crippen LogP contribution is 2.32. The second kappa shape index (κ2) is 10.6. The average Bonchev–Trinajstić information content (AvgIpc) is 2.73. The third kappa shape index (κ3) is 6.08. The van der Waals surface area contributed by atoms with Crippen LogP contribution in [0.25, 0.3) is 11.0 Å². The summed E-state index contributed by atoms with van der Waals surface area (Å²) in [6.07, 6.45) is -0.107. The van der Waals surface area contributed by atoms with Crippen LogP contribution in [0.15, 0.2) is 45.6 Å². The number of benzene rings is 2. The van der Waals surface area contributed by atoms with Crippen molar-refractivity contribution >= 4 is 34.4 Å². The fourth-order valence-electron chi connectivity index (χ4n) is 3.82. The van der Waals surface area contributed by atoms with Gasteiger partial charge in [0.2, 0.25) is 11.8 Å². The fraction of sp³-hybridized carbons (Fsp3) is 0.320. The molecule has 0 aliphatic heterocycles. The summed E-state index contributed by atoms with van der Waals surface area (Å²) in [7, 11) is 0. The second-order valence-electron chi connectivity index (χ2n) is 8.49. The van der Waals surface area contributed by atoms with Gasteiger partial charge in [0.1, 0.15) is 17.1 Å². The lowest BCUT2D eigenvalue weighted by Crippen LogP contribution is -2.35. The predicted molar refractivity (Wildman–Crippen MR) is 129 cm³/mol. The summed E-state index contributed by atoms with van der Waals surface area (Å²) in [6.45, 7) is 5.51. The van der Waals surface area contributed by atoms with E-state index in [0.717, 1.165) is 11.6 Å². The number of amides is 2. The second-order valence-corrected chi connectivity index (χ2v) is 8.92. The number of rotatable bonds is 8. The maximum atomic E-state index is 12.7. The van der Waals surface area contributed by atoms with Crippen molar-refractivity contribution in [3.8, 4) is 11.5 Å². The van der Waals surface area contributed by atoms with Gasteiger partial charge in [-0.3, -0.25) is 9.59 Å². The maximum Gasteiger partial charge on any atom is 0.340 e. The lowest BCUT2D eigenvalue weighted by Gasteiger charge is -2.19. The minimum atomic E-state index is -0.726. The molecular formula is C25H27ClN2O6. The Morgan fingerprint density at radius 1 is 1.09 bits per heavy atom. The van der Waals surface area contributed by atoms with Gasteiger partial charge in [-0.2, -0.15) is 0 Å². The Morgan fingerprint density at radius 2 is 1.76 bits per heavy atom. The molecule has 4 N–H and O–H groups in total. The van der Waals surface area contributed by atoms with Gasteiger partial charge in [0.05, 0.1) is 17.4 Å². The summed E-state index contributed by atoms with van der Waals surface area (Å²) in [4.78, 5) is 37.6. The molecule has 0 saturated heterocycles. The Labute approximate surface area is 201 Å². The minimum Gasteiger partial charge on any atom is -0.508 e. The quantitative estimate of drug-likeness (QED) is 0.360. The van der Waals surface area contributed by atoms with Gasteiger partial charge in [-0.05, 0) is 44.0 Å². The summed E-state index contributed by atoms with van der Waals surface area (Å²) in [5.74, 6) is -1.38. The molecule has 1 unspecified atom stereocenters. The van der Waals surface area contributed by atoms with Crippen LogP contribution in [0.5, 0.6) is 11.5 Å². The Hall–Kier alpha value is -3.52. The first-order chi connectivity index (χ1) is 16.0. The number of nitrogens with one attached hydrogen (secondary N) is 2. The number of aromatic hydroxyl groups is 2.